The molecule has 1 saturated heterocycles. The summed E-state index contributed by atoms with van der Waals surface area (Å²) in [5.74, 6) is 0. The standard InChI is InChI=1S/C16H26N2/c1-3-5-14-11-15(6-4-2)13-16(12-14)18-9-7-17-8-10-18/h11-13,17H,3-10H2,1-2H3. The molecule has 2 heteroatoms. The van der Waals surface area contributed by atoms with Crippen LogP contribution in [-0.4, -0.2) is 26.2 Å². The summed E-state index contributed by atoms with van der Waals surface area (Å²) in [6.07, 6.45) is 4.88. The molecule has 0 saturated carbocycles. The van der Waals surface area contributed by atoms with E-state index in [1.54, 1.807) is 0 Å². The molecule has 0 atom stereocenters. The number of rotatable bonds is 5. The van der Waals surface area contributed by atoms with Crippen molar-refractivity contribution in [3.05, 3.63) is 29.3 Å². The van der Waals surface area contributed by atoms with Gasteiger partial charge in [0, 0.05) is 31.9 Å². The fourth-order valence-electron chi connectivity index (χ4n) is 2.71. The van der Waals surface area contributed by atoms with Crippen LogP contribution in [0.3, 0.4) is 0 Å². The largest absolute Gasteiger partial charge is 0.369 e. The summed E-state index contributed by atoms with van der Waals surface area (Å²) in [4.78, 5) is 2.52. The van der Waals surface area contributed by atoms with Gasteiger partial charge in [0.2, 0.25) is 0 Å². The number of hydrogen-bond acceptors (Lipinski definition) is 2. The molecule has 18 heavy (non-hydrogen) atoms. The van der Waals surface area contributed by atoms with Crippen LogP contribution in [-0.2, 0) is 12.8 Å². The molecule has 1 aromatic carbocycles. The average Bonchev–Trinajstić information content (AvgIpc) is 2.40. The third-order valence-electron chi connectivity index (χ3n) is 3.60. The van der Waals surface area contributed by atoms with E-state index in [9.17, 15) is 0 Å². The fourth-order valence-corrected chi connectivity index (χ4v) is 2.71. The molecule has 2 nitrogen and oxygen atoms in total. The Bertz CT molecular complexity index is 343. The van der Waals surface area contributed by atoms with E-state index in [0.717, 1.165) is 26.2 Å². The lowest BCUT2D eigenvalue weighted by Crippen LogP contribution is -2.43. The molecule has 0 bridgehead atoms. The maximum Gasteiger partial charge on any atom is 0.0372 e. The maximum absolute atomic E-state index is 3.42. The minimum atomic E-state index is 1.11. The van der Waals surface area contributed by atoms with Gasteiger partial charge in [0.1, 0.15) is 0 Å². The van der Waals surface area contributed by atoms with Crippen LogP contribution in [0.5, 0.6) is 0 Å². The summed E-state index contributed by atoms with van der Waals surface area (Å²) >= 11 is 0. The molecule has 0 unspecified atom stereocenters. The minimum absolute atomic E-state index is 1.11. The lowest BCUT2D eigenvalue weighted by molar-refractivity contribution is 0.589. The SMILES string of the molecule is CCCc1cc(CCC)cc(N2CCNCC2)c1. The van der Waals surface area contributed by atoms with Crippen LogP contribution in [0.2, 0.25) is 0 Å². The highest BCUT2D eigenvalue weighted by Crippen LogP contribution is 2.21. The Labute approximate surface area is 111 Å². The highest BCUT2D eigenvalue weighted by Gasteiger charge is 2.11. The second-order valence-electron chi connectivity index (χ2n) is 5.24. The second-order valence-corrected chi connectivity index (χ2v) is 5.24. The summed E-state index contributed by atoms with van der Waals surface area (Å²) in [5, 5.41) is 3.42. The van der Waals surface area contributed by atoms with Gasteiger partial charge in [-0.3, -0.25) is 0 Å². The number of hydrogen-bond donors (Lipinski definition) is 1. The van der Waals surface area contributed by atoms with Crippen molar-refractivity contribution in [2.24, 2.45) is 0 Å². The van der Waals surface area contributed by atoms with E-state index < -0.39 is 0 Å². The van der Waals surface area contributed by atoms with Crippen molar-refractivity contribution in [2.75, 3.05) is 31.1 Å². The van der Waals surface area contributed by atoms with E-state index in [1.165, 1.54) is 42.5 Å². The number of piperazine rings is 1. The molecule has 1 aliphatic heterocycles. The van der Waals surface area contributed by atoms with Crippen molar-refractivity contribution < 1.29 is 0 Å². The maximum atomic E-state index is 3.42. The number of nitrogens with zero attached hydrogens (tertiary/aromatic N) is 1. The van der Waals surface area contributed by atoms with E-state index in [2.05, 4.69) is 42.3 Å². The Hall–Kier alpha value is -1.02. The van der Waals surface area contributed by atoms with Crippen molar-refractivity contribution in [2.45, 2.75) is 39.5 Å². The zero-order valence-corrected chi connectivity index (χ0v) is 11.8. The van der Waals surface area contributed by atoms with Crippen LogP contribution in [0, 0.1) is 0 Å². The molecule has 1 aliphatic rings. The molecular weight excluding hydrogens is 220 g/mol. The first-order valence-electron chi connectivity index (χ1n) is 7.42. The summed E-state index contributed by atoms with van der Waals surface area (Å²) in [6.45, 7) is 9.03. The third kappa shape index (κ3) is 3.49. The van der Waals surface area contributed by atoms with Crippen molar-refractivity contribution in [1.29, 1.82) is 0 Å². The normalized spacial score (nSPS) is 16.0. The van der Waals surface area contributed by atoms with Gasteiger partial charge in [-0.05, 0) is 36.1 Å². The zero-order valence-electron chi connectivity index (χ0n) is 11.8. The van der Waals surface area contributed by atoms with Gasteiger partial charge in [0.25, 0.3) is 0 Å². The molecule has 0 radical (unpaired) electrons. The number of benzene rings is 1. The first-order valence-corrected chi connectivity index (χ1v) is 7.42. The van der Waals surface area contributed by atoms with Crippen molar-refractivity contribution >= 4 is 5.69 Å². The van der Waals surface area contributed by atoms with Crippen LogP contribution >= 0.6 is 0 Å². The highest BCUT2D eigenvalue weighted by molar-refractivity contribution is 5.52. The van der Waals surface area contributed by atoms with Crippen LogP contribution in [0.15, 0.2) is 18.2 Å². The van der Waals surface area contributed by atoms with E-state index >= 15 is 0 Å². The highest BCUT2D eigenvalue weighted by atomic mass is 15.2. The molecule has 2 rings (SSSR count). The molecule has 1 aromatic rings. The van der Waals surface area contributed by atoms with Crippen molar-refractivity contribution in [3.8, 4) is 0 Å². The van der Waals surface area contributed by atoms with Gasteiger partial charge in [0.05, 0.1) is 0 Å². The summed E-state index contributed by atoms with van der Waals surface area (Å²) in [7, 11) is 0. The average molecular weight is 246 g/mol. The van der Waals surface area contributed by atoms with Gasteiger partial charge in [-0.1, -0.05) is 32.8 Å². The topological polar surface area (TPSA) is 15.3 Å². The molecule has 1 heterocycles. The van der Waals surface area contributed by atoms with Crippen LogP contribution in [0.4, 0.5) is 5.69 Å². The molecule has 1 N–H and O–H groups in total. The molecule has 0 aliphatic carbocycles. The van der Waals surface area contributed by atoms with Gasteiger partial charge in [-0.25, -0.2) is 0 Å². The lowest BCUT2D eigenvalue weighted by Gasteiger charge is -2.30. The zero-order chi connectivity index (χ0) is 12.8. The smallest absolute Gasteiger partial charge is 0.0372 e. The fraction of sp³-hybridized carbons (Fsp3) is 0.625. The van der Waals surface area contributed by atoms with Crippen LogP contribution < -0.4 is 10.2 Å². The first-order chi connectivity index (χ1) is 8.83. The van der Waals surface area contributed by atoms with Gasteiger partial charge in [-0.15, -0.1) is 0 Å². The van der Waals surface area contributed by atoms with E-state index in [-0.39, 0.29) is 0 Å². The van der Waals surface area contributed by atoms with E-state index in [4.69, 9.17) is 0 Å². The number of aryl methyl sites for hydroxylation is 2. The quantitative estimate of drug-likeness (QED) is 0.859. The van der Waals surface area contributed by atoms with Gasteiger partial charge >= 0.3 is 0 Å². The first kappa shape index (κ1) is 13.4. The molecule has 100 valence electrons. The van der Waals surface area contributed by atoms with Gasteiger partial charge in [-0.2, -0.15) is 0 Å². The summed E-state index contributed by atoms with van der Waals surface area (Å²) < 4.78 is 0. The Balaban J connectivity index is 2.20. The Morgan fingerprint density at radius 1 is 0.944 bits per heavy atom. The monoisotopic (exact) mass is 246 g/mol. The third-order valence-corrected chi connectivity index (χ3v) is 3.60. The number of anilines is 1. The predicted octanol–water partition coefficient (Wildman–Crippen LogP) is 3.00. The van der Waals surface area contributed by atoms with E-state index in [0.29, 0.717) is 0 Å². The molecule has 0 aromatic heterocycles. The molecular formula is C16H26N2. The van der Waals surface area contributed by atoms with Crippen molar-refractivity contribution in [3.63, 3.8) is 0 Å². The van der Waals surface area contributed by atoms with Crippen LogP contribution in [0.25, 0.3) is 0 Å². The summed E-state index contributed by atoms with van der Waals surface area (Å²) in [5.41, 5.74) is 4.46. The Morgan fingerprint density at radius 3 is 2.00 bits per heavy atom. The van der Waals surface area contributed by atoms with Crippen molar-refractivity contribution in [1.82, 2.24) is 5.32 Å². The minimum Gasteiger partial charge on any atom is -0.369 e. The van der Waals surface area contributed by atoms with Crippen LogP contribution in [0.1, 0.15) is 37.8 Å². The Morgan fingerprint density at radius 2 is 1.50 bits per heavy atom. The van der Waals surface area contributed by atoms with E-state index in [1.807, 2.05) is 0 Å². The van der Waals surface area contributed by atoms with Gasteiger partial charge < -0.3 is 10.2 Å². The lowest BCUT2D eigenvalue weighted by atomic mass is 10.0. The van der Waals surface area contributed by atoms with Gasteiger partial charge in [0.15, 0.2) is 0 Å². The summed E-state index contributed by atoms with van der Waals surface area (Å²) in [6, 6.07) is 7.20. The predicted molar refractivity (Wildman–Crippen MR) is 79.5 cm³/mol. The molecule has 0 amide bonds. The molecule has 1 fully saturated rings. The number of nitrogens with one attached hydrogen (secondary N) is 1. The molecule has 0 spiro atoms. The second kappa shape index (κ2) is 6.79. The Kier molecular flexibility index (Phi) is 5.06.